The van der Waals surface area contributed by atoms with Crippen LogP contribution in [0, 0.1) is 17.5 Å². The van der Waals surface area contributed by atoms with Crippen molar-refractivity contribution in [1.82, 2.24) is 0 Å². The Labute approximate surface area is 100 Å². The smallest absolute Gasteiger partial charge is 0.379 e. The summed E-state index contributed by atoms with van der Waals surface area (Å²) in [6, 6.07) is 0.437. The van der Waals surface area contributed by atoms with Crippen molar-refractivity contribution in [3.8, 4) is 5.75 Å². The molecule has 4 nitrogen and oxygen atoms in total. The van der Waals surface area contributed by atoms with Crippen molar-refractivity contribution >= 4 is 11.8 Å². The standard InChI is InChI=1S/C11H9F3O4/c1-3-18-11(16)10(15)7-8(13)5(12)4-6(17-2)9(7)14/h4H,3H2,1-2H3. The number of hydrogen-bond donors (Lipinski definition) is 0. The van der Waals surface area contributed by atoms with Gasteiger partial charge < -0.3 is 9.47 Å². The third-order valence-corrected chi connectivity index (χ3v) is 2.03. The van der Waals surface area contributed by atoms with Crippen LogP contribution in [0.4, 0.5) is 13.2 Å². The molecule has 1 aromatic carbocycles. The molecular formula is C11H9F3O4. The molecule has 0 fully saturated rings. The molecule has 0 unspecified atom stereocenters. The number of halogens is 3. The highest BCUT2D eigenvalue weighted by atomic mass is 19.2. The first kappa shape index (κ1) is 14.0. The van der Waals surface area contributed by atoms with Crippen LogP contribution in [0.1, 0.15) is 17.3 Å². The highest BCUT2D eigenvalue weighted by molar-refractivity contribution is 6.40. The van der Waals surface area contributed by atoms with E-state index in [2.05, 4.69) is 9.47 Å². The van der Waals surface area contributed by atoms with Gasteiger partial charge in [0.05, 0.1) is 13.7 Å². The summed E-state index contributed by atoms with van der Waals surface area (Å²) >= 11 is 0. The lowest BCUT2D eigenvalue weighted by atomic mass is 10.1. The van der Waals surface area contributed by atoms with E-state index in [4.69, 9.17) is 0 Å². The first-order chi connectivity index (χ1) is 8.43. The Morgan fingerprint density at radius 1 is 1.22 bits per heavy atom. The van der Waals surface area contributed by atoms with Crippen LogP contribution >= 0.6 is 0 Å². The zero-order valence-corrected chi connectivity index (χ0v) is 9.55. The largest absolute Gasteiger partial charge is 0.494 e. The quantitative estimate of drug-likeness (QED) is 0.359. The van der Waals surface area contributed by atoms with E-state index in [0.29, 0.717) is 6.07 Å². The highest BCUT2D eigenvalue weighted by Crippen LogP contribution is 2.26. The maximum Gasteiger partial charge on any atom is 0.379 e. The minimum Gasteiger partial charge on any atom is -0.494 e. The summed E-state index contributed by atoms with van der Waals surface area (Å²) in [6.45, 7) is 1.25. The van der Waals surface area contributed by atoms with E-state index in [-0.39, 0.29) is 6.61 Å². The summed E-state index contributed by atoms with van der Waals surface area (Å²) in [7, 11) is 1.01. The number of Topliss-reactive ketones (excluding diaryl/α,β-unsaturated/α-hetero) is 1. The second kappa shape index (κ2) is 5.52. The number of ketones is 1. The summed E-state index contributed by atoms with van der Waals surface area (Å²) in [5.41, 5.74) is -1.33. The van der Waals surface area contributed by atoms with Crippen molar-refractivity contribution in [1.29, 1.82) is 0 Å². The number of esters is 1. The van der Waals surface area contributed by atoms with E-state index >= 15 is 0 Å². The van der Waals surface area contributed by atoms with Crippen LogP contribution in [0.2, 0.25) is 0 Å². The normalized spacial score (nSPS) is 10.1. The molecule has 0 saturated carbocycles. The molecule has 0 atom stereocenters. The van der Waals surface area contributed by atoms with Crippen molar-refractivity contribution < 1.29 is 32.2 Å². The lowest BCUT2D eigenvalue weighted by molar-refractivity contribution is -0.137. The maximum atomic E-state index is 13.6. The van der Waals surface area contributed by atoms with Gasteiger partial charge >= 0.3 is 5.97 Å². The van der Waals surface area contributed by atoms with E-state index < -0.39 is 40.5 Å². The van der Waals surface area contributed by atoms with Gasteiger partial charge in [-0.15, -0.1) is 0 Å². The molecule has 0 amide bonds. The minimum atomic E-state index is -1.76. The lowest BCUT2D eigenvalue weighted by Crippen LogP contribution is -2.21. The van der Waals surface area contributed by atoms with Crippen LogP contribution in [-0.4, -0.2) is 25.5 Å². The van der Waals surface area contributed by atoms with E-state index in [1.165, 1.54) is 6.92 Å². The number of carbonyl (C=O) groups is 2. The van der Waals surface area contributed by atoms with Crippen molar-refractivity contribution in [3.63, 3.8) is 0 Å². The van der Waals surface area contributed by atoms with Gasteiger partial charge in [0.1, 0.15) is 5.56 Å². The van der Waals surface area contributed by atoms with Gasteiger partial charge in [0.2, 0.25) is 0 Å². The van der Waals surface area contributed by atoms with Crippen LogP contribution in [0.25, 0.3) is 0 Å². The maximum absolute atomic E-state index is 13.6. The first-order valence-electron chi connectivity index (χ1n) is 4.86. The summed E-state index contributed by atoms with van der Waals surface area (Å²) in [5, 5.41) is 0. The monoisotopic (exact) mass is 262 g/mol. The molecule has 0 aliphatic carbocycles. The third-order valence-electron chi connectivity index (χ3n) is 2.03. The Hall–Kier alpha value is -2.05. The number of methoxy groups -OCH3 is 1. The fourth-order valence-corrected chi connectivity index (χ4v) is 1.23. The molecule has 0 aliphatic rings. The van der Waals surface area contributed by atoms with Crippen molar-refractivity contribution in [2.75, 3.05) is 13.7 Å². The summed E-state index contributed by atoms with van der Waals surface area (Å²) < 4.78 is 48.7. The fraction of sp³-hybridized carbons (Fsp3) is 0.273. The second-order valence-electron chi connectivity index (χ2n) is 3.11. The number of ether oxygens (including phenoxy) is 2. The zero-order chi connectivity index (χ0) is 13.9. The van der Waals surface area contributed by atoms with Gasteiger partial charge in [0.15, 0.2) is 23.2 Å². The van der Waals surface area contributed by atoms with E-state index in [9.17, 15) is 22.8 Å². The van der Waals surface area contributed by atoms with Gasteiger partial charge in [-0.1, -0.05) is 0 Å². The van der Waals surface area contributed by atoms with Crippen molar-refractivity contribution in [2.24, 2.45) is 0 Å². The molecule has 98 valence electrons. The van der Waals surface area contributed by atoms with Gasteiger partial charge in [-0.2, -0.15) is 0 Å². The molecule has 0 bridgehead atoms. The molecule has 0 radical (unpaired) electrons. The van der Waals surface area contributed by atoms with Gasteiger partial charge in [-0.25, -0.2) is 18.0 Å². The van der Waals surface area contributed by atoms with Crippen molar-refractivity contribution in [3.05, 3.63) is 29.1 Å². The zero-order valence-electron chi connectivity index (χ0n) is 9.55. The SMILES string of the molecule is CCOC(=O)C(=O)c1c(F)c(F)cc(OC)c1F. The molecule has 1 aromatic rings. The highest BCUT2D eigenvalue weighted by Gasteiger charge is 2.30. The molecule has 1 rings (SSSR count). The topological polar surface area (TPSA) is 52.6 Å². The summed E-state index contributed by atoms with van der Waals surface area (Å²) in [4.78, 5) is 22.5. The lowest BCUT2D eigenvalue weighted by Gasteiger charge is -2.08. The molecule has 0 aromatic heterocycles. The summed E-state index contributed by atoms with van der Waals surface area (Å²) in [6.07, 6.45) is 0. The predicted octanol–water partition coefficient (Wildman–Crippen LogP) is 1.86. The number of hydrogen-bond acceptors (Lipinski definition) is 4. The third kappa shape index (κ3) is 2.44. The molecule has 18 heavy (non-hydrogen) atoms. The fourth-order valence-electron chi connectivity index (χ4n) is 1.23. The van der Waals surface area contributed by atoms with Gasteiger partial charge in [-0.3, -0.25) is 4.79 Å². The Bertz CT molecular complexity index is 500. The molecule has 0 saturated heterocycles. The second-order valence-corrected chi connectivity index (χ2v) is 3.11. The molecule has 0 aliphatic heterocycles. The predicted molar refractivity (Wildman–Crippen MR) is 53.8 cm³/mol. The first-order valence-corrected chi connectivity index (χ1v) is 4.86. The Kier molecular flexibility index (Phi) is 4.30. The molecule has 0 heterocycles. The van der Waals surface area contributed by atoms with E-state index in [1.807, 2.05) is 0 Å². The average Bonchev–Trinajstić information content (AvgIpc) is 2.34. The summed E-state index contributed by atoms with van der Waals surface area (Å²) in [5.74, 6) is -8.46. The van der Waals surface area contributed by atoms with E-state index in [1.54, 1.807) is 0 Å². The van der Waals surface area contributed by atoms with Crippen LogP contribution in [0.5, 0.6) is 5.75 Å². The van der Waals surface area contributed by atoms with Gasteiger partial charge in [-0.05, 0) is 6.92 Å². The molecular weight excluding hydrogens is 253 g/mol. The van der Waals surface area contributed by atoms with Crippen LogP contribution < -0.4 is 4.74 Å². The Balaban J connectivity index is 3.35. The van der Waals surface area contributed by atoms with Crippen LogP contribution in [-0.2, 0) is 9.53 Å². The molecule has 7 heteroatoms. The van der Waals surface area contributed by atoms with Crippen LogP contribution in [0.3, 0.4) is 0 Å². The Morgan fingerprint density at radius 3 is 2.33 bits per heavy atom. The van der Waals surface area contributed by atoms with Crippen LogP contribution in [0.15, 0.2) is 6.07 Å². The Morgan fingerprint density at radius 2 is 1.83 bits per heavy atom. The molecule has 0 spiro atoms. The van der Waals surface area contributed by atoms with Gasteiger partial charge in [0, 0.05) is 6.07 Å². The average molecular weight is 262 g/mol. The number of carbonyl (C=O) groups excluding carboxylic acids is 2. The van der Waals surface area contributed by atoms with Crippen molar-refractivity contribution in [2.45, 2.75) is 6.92 Å². The number of benzene rings is 1. The van der Waals surface area contributed by atoms with E-state index in [0.717, 1.165) is 7.11 Å². The van der Waals surface area contributed by atoms with Gasteiger partial charge in [0.25, 0.3) is 5.78 Å². The number of rotatable bonds is 4. The minimum absolute atomic E-state index is 0.153. The molecule has 0 N–H and O–H groups in total.